The third kappa shape index (κ3) is 93.9. The van der Waals surface area contributed by atoms with Crippen LogP contribution in [0.2, 0.25) is 0 Å². The van der Waals surface area contributed by atoms with Gasteiger partial charge in [-0.3, -0.25) is 6.58 Å². The van der Waals surface area contributed by atoms with Crippen molar-refractivity contribution in [2.24, 2.45) is 0 Å². The summed E-state index contributed by atoms with van der Waals surface area (Å²) in [5, 5.41) is 0. The first kappa shape index (κ1) is 11.4. The monoisotopic (exact) mass is 362 g/mol. The fourth-order valence-corrected chi connectivity index (χ4v) is 0. The van der Waals surface area contributed by atoms with E-state index in [0.717, 1.165) is 0 Å². The zero-order valence-electron chi connectivity index (χ0n) is 3.11. The molecule has 0 nitrogen and oxygen atoms in total. The second-order valence-corrected chi connectivity index (χ2v) is 20.0. The average Bonchev–Trinajstić information content (AvgIpc) is 1.36. The molecule has 0 heterocycles. The standard InChI is InChI=1S/C2H3.4ClH.Pt/c1-2;;;;;/h1H,2H2;4*1H;/q-1;;;;;+4/p-4. The average molecular weight is 364 g/mol. The van der Waals surface area contributed by atoms with Gasteiger partial charge >= 0.3 is 49.6 Å². The Morgan fingerprint density at radius 3 is 1.00 bits per heavy atom. The van der Waals surface area contributed by atoms with Crippen molar-refractivity contribution in [2.75, 3.05) is 0 Å². The van der Waals surface area contributed by atoms with Gasteiger partial charge in [0.15, 0.2) is 0 Å². The molecule has 0 bridgehead atoms. The Balaban J connectivity index is 0. The van der Waals surface area contributed by atoms with E-state index in [4.69, 9.17) is 37.7 Å². The van der Waals surface area contributed by atoms with Crippen molar-refractivity contribution >= 4 is 37.7 Å². The molecule has 0 amide bonds. The van der Waals surface area contributed by atoms with Gasteiger partial charge in [0, 0.05) is 0 Å². The molecular weight excluding hydrogens is 361 g/mol. The number of hydrogen-bond donors (Lipinski definition) is 0. The van der Waals surface area contributed by atoms with Crippen LogP contribution in [0.1, 0.15) is 0 Å². The second-order valence-electron chi connectivity index (χ2n) is 0.271. The van der Waals surface area contributed by atoms with Crippen LogP contribution >= 0.6 is 37.7 Å². The predicted molar refractivity (Wildman–Crippen MR) is 33.3 cm³/mol. The molecule has 0 aliphatic heterocycles. The Labute approximate surface area is 62.3 Å². The fraction of sp³-hybridized carbons (Fsp3) is 0. The van der Waals surface area contributed by atoms with Crippen LogP contribution in [-0.4, -0.2) is 0 Å². The molecule has 0 saturated carbocycles. The Morgan fingerprint density at radius 1 is 1.00 bits per heavy atom. The van der Waals surface area contributed by atoms with Gasteiger partial charge in [0.25, 0.3) is 0 Å². The van der Waals surface area contributed by atoms with E-state index < -0.39 is 11.9 Å². The van der Waals surface area contributed by atoms with Gasteiger partial charge in [-0.2, -0.15) is 0 Å². The summed E-state index contributed by atoms with van der Waals surface area (Å²) in [5.41, 5.74) is 0. The molecule has 0 N–H and O–H groups in total. The quantitative estimate of drug-likeness (QED) is 0.579. The molecule has 0 aromatic carbocycles. The van der Waals surface area contributed by atoms with Crippen LogP contribution in [0, 0.1) is 6.58 Å². The van der Waals surface area contributed by atoms with Crippen LogP contribution in [0.3, 0.4) is 0 Å². The van der Waals surface area contributed by atoms with Crippen LogP contribution in [0.4, 0.5) is 0 Å². The van der Waals surface area contributed by atoms with Gasteiger partial charge in [-0.1, -0.05) is 0 Å². The maximum absolute atomic E-state index is 5.01. The van der Waals surface area contributed by atoms with Gasteiger partial charge < -0.3 is 6.58 Å². The van der Waals surface area contributed by atoms with E-state index in [-0.39, 0.29) is 0 Å². The topological polar surface area (TPSA) is 0 Å². The van der Waals surface area contributed by atoms with Crippen molar-refractivity contribution in [3.8, 4) is 0 Å². The molecule has 0 atom stereocenters. The molecule has 0 fully saturated rings. The van der Waals surface area contributed by atoms with Gasteiger partial charge in [-0.05, 0) is 0 Å². The van der Waals surface area contributed by atoms with Crippen LogP contribution in [-0.2, 0) is 11.9 Å². The number of rotatable bonds is 0. The first-order chi connectivity index (χ1) is 3.00. The molecule has 0 aliphatic rings. The summed E-state index contributed by atoms with van der Waals surface area (Å²) in [6.45, 7) is 7.00. The molecule has 0 unspecified atom stereocenters. The Kier molecular flexibility index (Phi) is 9.31. The van der Waals surface area contributed by atoms with Crippen molar-refractivity contribution in [1.29, 1.82) is 0 Å². The van der Waals surface area contributed by atoms with Crippen molar-refractivity contribution in [3.63, 3.8) is 0 Å². The van der Waals surface area contributed by atoms with Gasteiger partial charge in [0.1, 0.15) is 0 Å². The molecule has 5 heteroatoms. The van der Waals surface area contributed by atoms with E-state index in [0.29, 0.717) is 0 Å². The first-order valence-corrected chi connectivity index (χ1v) is 12.1. The van der Waals surface area contributed by atoms with E-state index in [1.807, 2.05) is 0 Å². The Hall–Kier alpha value is 1.59. The maximum atomic E-state index is 5.01. The predicted octanol–water partition coefficient (Wildman–Crippen LogP) is 3.36. The summed E-state index contributed by atoms with van der Waals surface area (Å²) in [6, 6.07) is 0. The van der Waals surface area contributed by atoms with Gasteiger partial charge in [-0.15, -0.1) is 0 Å². The van der Waals surface area contributed by atoms with Crippen LogP contribution in [0.15, 0.2) is 6.58 Å². The molecule has 0 spiro atoms. The summed E-state index contributed by atoms with van der Waals surface area (Å²) in [7, 11) is 20.0. The molecule has 0 aromatic heterocycles. The first-order valence-electron chi connectivity index (χ1n) is 0.886. The van der Waals surface area contributed by atoms with Crippen LogP contribution in [0.25, 0.3) is 0 Å². The van der Waals surface area contributed by atoms with Crippen molar-refractivity contribution in [1.82, 2.24) is 0 Å². The van der Waals surface area contributed by atoms with E-state index in [1.165, 1.54) is 0 Å². The van der Waals surface area contributed by atoms with Crippen molar-refractivity contribution < 1.29 is 11.9 Å². The van der Waals surface area contributed by atoms with Gasteiger partial charge in [-0.25, -0.2) is 0 Å². The van der Waals surface area contributed by atoms with E-state index >= 15 is 0 Å². The zero-order valence-corrected chi connectivity index (χ0v) is 8.41. The van der Waals surface area contributed by atoms with Crippen LogP contribution in [0.5, 0.6) is 0 Å². The third-order valence-corrected chi connectivity index (χ3v) is 0. The molecule has 7 heavy (non-hydrogen) atoms. The number of hydrogen-bond acceptors (Lipinski definition) is 0. The second kappa shape index (κ2) is 5.72. The Morgan fingerprint density at radius 2 is 1.00 bits per heavy atom. The molecule has 50 valence electrons. The van der Waals surface area contributed by atoms with E-state index in [9.17, 15) is 0 Å². The summed E-state index contributed by atoms with van der Waals surface area (Å²) in [5.74, 6) is 0. The van der Waals surface area contributed by atoms with Crippen molar-refractivity contribution in [3.05, 3.63) is 13.2 Å². The molecule has 0 saturated heterocycles. The van der Waals surface area contributed by atoms with E-state index in [1.54, 1.807) is 0 Å². The summed E-state index contributed by atoms with van der Waals surface area (Å²) >= 11 is -3.06. The minimum atomic E-state index is -3.06. The minimum absolute atomic E-state index is 2.75. The molecular formula is C2H3Cl4Pt-. The van der Waals surface area contributed by atoms with Gasteiger partial charge in [0.2, 0.25) is 0 Å². The molecule has 0 radical (unpaired) electrons. The zero-order chi connectivity index (χ0) is 6.50. The fourth-order valence-electron chi connectivity index (χ4n) is 0. The van der Waals surface area contributed by atoms with Crippen LogP contribution < -0.4 is 0 Å². The molecule has 0 rings (SSSR count). The molecule has 0 aromatic rings. The Bertz CT molecular complexity index is 33.4. The summed E-state index contributed by atoms with van der Waals surface area (Å²) in [6.07, 6.45) is 0. The number of halogens is 4. The SMILES string of the molecule is [CH-]=C.[Cl][Pt]([Cl])([Cl])[Cl]. The summed E-state index contributed by atoms with van der Waals surface area (Å²) in [4.78, 5) is 0. The summed E-state index contributed by atoms with van der Waals surface area (Å²) < 4.78 is 0. The van der Waals surface area contributed by atoms with Gasteiger partial charge in [0.05, 0.1) is 0 Å². The third-order valence-electron chi connectivity index (χ3n) is 0. The van der Waals surface area contributed by atoms with Crippen molar-refractivity contribution in [2.45, 2.75) is 0 Å². The molecule has 0 aliphatic carbocycles. The normalized spacial score (nSPS) is 11.4. The van der Waals surface area contributed by atoms with E-state index in [2.05, 4.69) is 13.2 Å².